The van der Waals surface area contributed by atoms with Crippen molar-refractivity contribution in [3.8, 4) is 11.1 Å². The lowest BCUT2D eigenvalue weighted by Gasteiger charge is -2.38. The number of aromatic nitrogens is 1. The summed E-state index contributed by atoms with van der Waals surface area (Å²) in [6.07, 6.45) is 4.58. The molecule has 1 N–H and O–H groups in total. The number of benzene rings is 1. The monoisotopic (exact) mass is 775 g/mol. The number of likely N-dealkylation sites (tertiary alicyclic amines) is 2. The number of piperidine rings is 2. The van der Waals surface area contributed by atoms with E-state index in [0.717, 1.165) is 68.7 Å². The van der Waals surface area contributed by atoms with Gasteiger partial charge in [0.2, 0.25) is 11.8 Å². The first-order valence-electron chi connectivity index (χ1n) is 20.2. The van der Waals surface area contributed by atoms with E-state index in [0.29, 0.717) is 45.1 Å². The number of rotatable bonds is 13. The number of anilines is 1. The summed E-state index contributed by atoms with van der Waals surface area (Å²) in [4.78, 5) is 79.9. The zero-order chi connectivity index (χ0) is 40.4. The van der Waals surface area contributed by atoms with Crippen LogP contribution in [0.15, 0.2) is 36.5 Å². The fourth-order valence-corrected chi connectivity index (χ4v) is 7.58. The molecule has 1 aromatic carbocycles. The van der Waals surface area contributed by atoms with Gasteiger partial charge in [-0.15, -0.1) is 0 Å². The van der Waals surface area contributed by atoms with Crippen molar-refractivity contribution >= 4 is 35.5 Å². The third kappa shape index (κ3) is 12.2. The molecule has 14 heteroatoms. The molecule has 4 amide bonds. The highest BCUT2D eigenvalue weighted by Crippen LogP contribution is 2.28. The second-order valence-electron chi connectivity index (χ2n) is 16.4. The molecular formula is C42H61N7O7. The van der Waals surface area contributed by atoms with E-state index in [2.05, 4.69) is 39.2 Å². The molecule has 1 aromatic heterocycles. The normalized spacial score (nSPS) is 18.8. The Morgan fingerprint density at radius 3 is 2.27 bits per heavy atom. The number of pyridine rings is 1. The topological polar surface area (TPSA) is 145 Å². The quantitative estimate of drug-likeness (QED) is 0.291. The minimum absolute atomic E-state index is 0.00252. The van der Waals surface area contributed by atoms with Crippen LogP contribution in [-0.4, -0.2) is 151 Å². The summed E-state index contributed by atoms with van der Waals surface area (Å²) >= 11 is 0. The molecule has 306 valence electrons. The maximum atomic E-state index is 14.2. The van der Waals surface area contributed by atoms with Crippen molar-refractivity contribution in [1.29, 1.82) is 0 Å². The predicted molar refractivity (Wildman–Crippen MR) is 214 cm³/mol. The van der Waals surface area contributed by atoms with E-state index in [4.69, 9.17) is 9.47 Å². The van der Waals surface area contributed by atoms with E-state index < -0.39 is 17.6 Å². The molecule has 1 unspecified atom stereocenters. The largest absolute Gasteiger partial charge is 0.465 e. The Kier molecular flexibility index (Phi) is 14.9. The number of aryl methyl sites for hydroxylation is 1. The Morgan fingerprint density at radius 2 is 1.61 bits per heavy atom. The lowest BCUT2D eigenvalue weighted by molar-refractivity contribution is -0.145. The van der Waals surface area contributed by atoms with Crippen LogP contribution >= 0.6 is 0 Å². The minimum Gasteiger partial charge on any atom is -0.465 e. The molecule has 0 saturated carbocycles. The van der Waals surface area contributed by atoms with Crippen LogP contribution in [0.3, 0.4) is 0 Å². The van der Waals surface area contributed by atoms with Crippen LogP contribution in [0.1, 0.15) is 76.4 Å². The highest BCUT2D eigenvalue weighted by Gasteiger charge is 2.32. The van der Waals surface area contributed by atoms with E-state index in [1.54, 1.807) is 45.0 Å². The Hall–Kier alpha value is -4.56. The molecule has 4 heterocycles. The van der Waals surface area contributed by atoms with E-state index >= 15 is 0 Å². The molecule has 0 bridgehead atoms. The molecule has 3 aliphatic heterocycles. The van der Waals surface area contributed by atoms with Crippen LogP contribution < -0.4 is 5.32 Å². The van der Waals surface area contributed by atoms with Crippen LogP contribution in [0.25, 0.3) is 11.1 Å². The summed E-state index contributed by atoms with van der Waals surface area (Å²) in [6.45, 7) is 15.9. The number of carbonyl (C=O) groups is 5. The molecule has 56 heavy (non-hydrogen) atoms. The minimum atomic E-state index is -0.785. The third-order valence-corrected chi connectivity index (χ3v) is 10.8. The van der Waals surface area contributed by atoms with Gasteiger partial charge in [0.05, 0.1) is 18.8 Å². The average molecular weight is 776 g/mol. The zero-order valence-corrected chi connectivity index (χ0v) is 34.2. The molecule has 5 rings (SSSR count). The highest BCUT2D eigenvalue weighted by molar-refractivity contribution is 6.04. The van der Waals surface area contributed by atoms with Crippen LogP contribution in [0, 0.1) is 11.8 Å². The zero-order valence-electron chi connectivity index (χ0n) is 34.2. The Bertz CT molecular complexity index is 1700. The summed E-state index contributed by atoms with van der Waals surface area (Å²) in [5.74, 6) is -0.603. The summed E-state index contributed by atoms with van der Waals surface area (Å²) < 4.78 is 10.8. The van der Waals surface area contributed by atoms with Crippen molar-refractivity contribution < 1.29 is 33.4 Å². The fraction of sp³-hybridized carbons (Fsp3) is 0.619. The van der Waals surface area contributed by atoms with Gasteiger partial charge in [0.15, 0.2) is 5.69 Å². The second kappa shape index (κ2) is 19.5. The number of hydrogen-bond donors (Lipinski definition) is 1. The smallest absolute Gasteiger partial charge is 0.410 e. The molecular weight excluding hydrogens is 715 g/mol. The number of hydrogen-bond acceptors (Lipinski definition) is 10. The van der Waals surface area contributed by atoms with E-state index in [9.17, 15) is 24.0 Å². The molecule has 14 nitrogen and oxygen atoms in total. The molecule has 3 saturated heterocycles. The predicted octanol–water partition coefficient (Wildman–Crippen LogP) is 4.39. The van der Waals surface area contributed by atoms with Crippen LogP contribution in [0.4, 0.5) is 10.5 Å². The lowest BCUT2D eigenvalue weighted by Crippen LogP contribution is -2.50. The fourth-order valence-electron chi connectivity index (χ4n) is 7.58. The van der Waals surface area contributed by atoms with Gasteiger partial charge < -0.3 is 29.5 Å². The number of nitrogens with one attached hydrogen (secondary N) is 1. The van der Waals surface area contributed by atoms with Crippen molar-refractivity contribution in [2.45, 2.75) is 72.3 Å². The average Bonchev–Trinajstić information content (AvgIpc) is 3.16. The molecule has 1 atom stereocenters. The second-order valence-corrected chi connectivity index (χ2v) is 16.4. The van der Waals surface area contributed by atoms with E-state index in [1.165, 1.54) is 4.90 Å². The van der Waals surface area contributed by atoms with Crippen molar-refractivity contribution in [1.82, 2.24) is 29.5 Å². The summed E-state index contributed by atoms with van der Waals surface area (Å²) in [7, 11) is 1.76. The van der Waals surface area contributed by atoms with Crippen LogP contribution in [-0.2, 0) is 30.3 Å². The van der Waals surface area contributed by atoms with Crippen LogP contribution in [0.2, 0.25) is 0 Å². The van der Waals surface area contributed by atoms with Gasteiger partial charge in [-0.25, -0.2) is 9.78 Å². The maximum absolute atomic E-state index is 14.2. The van der Waals surface area contributed by atoms with Gasteiger partial charge in [0.25, 0.3) is 5.91 Å². The number of amides is 4. The number of esters is 1. The molecule has 2 aromatic rings. The van der Waals surface area contributed by atoms with Gasteiger partial charge in [0, 0.05) is 84.1 Å². The molecule has 0 aliphatic carbocycles. The van der Waals surface area contributed by atoms with Gasteiger partial charge >= 0.3 is 12.1 Å². The number of carbonyl (C=O) groups excluding carboxylic acids is 5. The maximum Gasteiger partial charge on any atom is 0.410 e. The third-order valence-electron chi connectivity index (χ3n) is 10.8. The molecule has 3 fully saturated rings. The molecule has 3 aliphatic rings. The van der Waals surface area contributed by atoms with E-state index in [-0.39, 0.29) is 54.6 Å². The number of nitrogens with zero attached hydrogens (tertiary/aromatic N) is 6. The molecule has 0 radical (unpaired) electrons. The van der Waals surface area contributed by atoms with Crippen molar-refractivity contribution in [3.63, 3.8) is 0 Å². The SMILES string of the molecule is CCOC(=O)CN1CCN(CC2CCN(C(=O)c3ncc(-c4cccc(CC)c4)cc3NC(=O)CN(CC3CCN(C)C(=O)C3)C(=O)OC(C)(C)C)CC2)CC1. The van der Waals surface area contributed by atoms with Crippen molar-refractivity contribution in [3.05, 3.63) is 47.8 Å². The van der Waals surface area contributed by atoms with Gasteiger partial charge in [0.1, 0.15) is 12.1 Å². The van der Waals surface area contributed by atoms with Gasteiger partial charge in [-0.05, 0) is 82.4 Å². The number of piperazine rings is 1. The summed E-state index contributed by atoms with van der Waals surface area (Å²) in [5, 5.41) is 2.94. The Balaban J connectivity index is 1.28. The van der Waals surface area contributed by atoms with Crippen LogP contribution in [0.5, 0.6) is 0 Å². The Morgan fingerprint density at radius 1 is 0.911 bits per heavy atom. The van der Waals surface area contributed by atoms with Crippen molar-refractivity contribution in [2.24, 2.45) is 11.8 Å². The van der Waals surface area contributed by atoms with Gasteiger partial charge in [-0.2, -0.15) is 0 Å². The Labute approximate surface area is 331 Å². The first-order chi connectivity index (χ1) is 26.7. The molecule has 0 spiro atoms. The standard InChI is InChI=1S/C42H61N7O7/c1-7-30-10-9-11-33(22-30)34-24-35(44-36(50)28-49(41(54)56-42(3,4)5)27-32-12-15-45(6)37(51)23-32)39(43-25-34)40(53)48-16-13-31(14-17-48)26-46-18-20-47(21-19-46)29-38(52)55-8-2/h9-11,22,24-25,31-32H,7-8,12-21,23,26-29H2,1-6H3,(H,44,50). The first kappa shape index (κ1) is 42.6. The van der Waals surface area contributed by atoms with Gasteiger partial charge in [-0.3, -0.25) is 29.0 Å². The van der Waals surface area contributed by atoms with Gasteiger partial charge in [-0.1, -0.05) is 31.2 Å². The lowest BCUT2D eigenvalue weighted by atomic mass is 9.95. The first-order valence-corrected chi connectivity index (χ1v) is 20.2. The number of ether oxygens (including phenoxy) is 2. The summed E-state index contributed by atoms with van der Waals surface area (Å²) in [6, 6.07) is 9.86. The van der Waals surface area contributed by atoms with Crippen molar-refractivity contribution in [2.75, 3.05) is 91.0 Å². The summed E-state index contributed by atoms with van der Waals surface area (Å²) in [5.41, 5.74) is 2.45. The highest BCUT2D eigenvalue weighted by atomic mass is 16.6. The van der Waals surface area contributed by atoms with E-state index in [1.807, 2.05) is 24.0 Å².